The normalized spacial score (nSPS) is 31.3. The van der Waals surface area contributed by atoms with E-state index < -0.39 is 12.2 Å². The molecule has 19 heavy (non-hydrogen) atoms. The van der Waals surface area contributed by atoms with E-state index in [1.165, 1.54) is 4.90 Å². The maximum absolute atomic E-state index is 13.1. The Labute approximate surface area is 110 Å². The largest absolute Gasteiger partial charge is 0.405 e. The topological polar surface area (TPSA) is 35.6 Å². The minimum atomic E-state index is -4.29. The maximum atomic E-state index is 13.1. The molecule has 0 aromatic carbocycles. The van der Waals surface area contributed by atoms with Crippen molar-refractivity contribution >= 4 is 5.91 Å². The molecule has 2 heterocycles. The number of hydrogen-bond donors (Lipinski definition) is 1. The molecule has 0 aromatic rings. The van der Waals surface area contributed by atoms with Gasteiger partial charge in [-0.05, 0) is 19.5 Å². The van der Waals surface area contributed by atoms with Gasteiger partial charge in [0.2, 0.25) is 5.91 Å². The SMILES string of the molecule is CCN1CCC(N2CCC(=O)NCC2C(F)(F)F)C1. The van der Waals surface area contributed by atoms with Crippen molar-refractivity contribution in [2.45, 2.75) is 38.0 Å². The molecule has 1 N–H and O–H groups in total. The van der Waals surface area contributed by atoms with Crippen LogP contribution in [0.3, 0.4) is 0 Å². The molecule has 0 bridgehead atoms. The van der Waals surface area contributed by atoms with E-state index in [0.29, 0.717) is 6.54 Å². The molecule has 2 aliphatic heterocycles. The number of alkyl halides is 3. The lowest BCUT2D eigenvalue weighted by Crippen LogP contribution is -2.54. The quantitative estimate of drug-likeness (QED) is 0.813. The van der Waals surface area contributed by atoms with E-state index in [1.54, 1.807) is 0 Å². The van der Waals surface area contributed by atoms with Crippen LogP contribution in [0.4, 0.5) is 13.2 Å². The molecule has 7 heteroatoms. The summed E-state index contributed by atoms with van der Waals surface area (Å²) in [6.45, 7) is 4.24. The summed E-state index contributed by atoms with van der Waals surface area (Å²) >= 11 is 0. The van der Waals surface area contributed by atoms with Gasteiger partial charge < -0.3 is 10.2 Å². The molecule has 0 spiro atoms. The Hall–Kier alpha value is -0.820. The van der Waals surface area contributed by atoms with Crippen LogP contribution in [0.15, 0.2) is 0 Å². The van der Waals surface area contributed by atoms with E-state index in [4.69, 9.17) is 0 Å². The van der Waals surface area contributed by atoms with Crippen LogP contribution in [-0.4, -0.2) is 66.7 Å². The lowest BCUT2D eigenvalue weighted by molar-refractivity contribution is -0.186. The molecule has 1 amide bonds. The number of carbonyl (C=O) groups excluding carboxylic acids is 1. The van der Waals surface area contributed by atoms with E-state index in [9.17, 15) is 18.0 Å². The number of carbonyl (C=O) groups is 1. The minimum absolute atomic E-state index is 0.0979. The van der Waals surface area contributed by atoms with E-state index in [1.807, 2.05) is 6.92 Å². The third-order valence-electron chi connectivity index (χ3n) is 4.03. The second-order valence-corrected chi connectivity index (χ2v) is 5.19. The van der Waals surface area contributed by atoms with Crippen molar-refractivity contribution in [1.29, 1.82) is 0 Å². The first-order valence-corrected chi connectivity index (χ1v) is 6.73. The van der Waals surface area contributed by atoms with Gasteiger partial charge in [-0.2, -0.15) is 13.2 Å². The van der Waals surface area contributed by atoms with Crippen LogP contribution in [0.5, 0.6) is 0 Å². The number of hydrogen-bond acceptors (Lipinski definition) is 3. The highest BCUT2D eigenvalue weighted by molar-refractivity contribution is 5.76. The predicted molar refractivity (Wildman–Crippen MR) is 64.7 cm³/mol. The van der Waals surface area contributed by atoms with Crippen molar-refractivity contribution in [2.24, 2.45) is 0 Å². The zero-order chi connectivity index (χ0) is 14.0. The summed E-state index contributed by atoms with van der Waals surface area (Å²) in [6.07, 6.45) is -3.40. The van der Waals surface area contributed by atoms with Gasteiger partial charge in [0.15, 0.2) is 0 Å². The van der Waals surface area contributed by atoms with Gasteiger partial charge in [0.1, 0.15) is 6.04 Å². The zero-order valence-corrected chi connectivity index (χ0v) is 11.0. The molecular formula is C12H20F3N3O. The first-order chi connectivity index (χ1) is 8.91. The molecule has 0 aromatic heterocycles. The van der Waals surface area contributed by atoms with Crippen LogP contribution in [0.2, 0.25) is 0 Å². The second kappa shape index (κ2) is 5.66. The summed E-state index contributed by atoms with van der Waals surface area (Å²) < 4.78 is 39.4. The number of halogens is 3. The van der Waals surface area contributed by atoms with Gasteiger partial charge in [-0.1, -0.05) is 6.92 Å². The third kappa shape index (κ3) is 3.39. The van der Waals surface area contributed by atoms with Gasteiger partial charge in [0.25, 0.3) is 0 Å². The highest BCUT2D eigenvalue weighted by Crippen LogP contribution is 2.29. The molecule has 2 rings (SSSR count). The van der Waals surface area contributed by atoms with Crippen molar-refractivity contribution in [3.63, 3.8) is 0 Å². The summed E-state index contributed by atoms with van der Waals surface area (Å²) in [4.78, 5) is 15.0. The minimum Gasteiger partial charge on any atom is -0.354 e. The Kier molecular flexibility index (Phi) is 4.35. The second-order valence-electron chi connectivity index (χ2n) is 5.19. The van der Waals surface area contributed by atoms with Gasteiger partial charge in [0.05, 0.1) is 0 Å². The highest BCUT2D eigenvalue weighted by Gasteiger charge is 2.47. The van der Waals surface area contributed by atoms with Crippen molar-refractivity contribution in [2.75, 3.05) is 32.7 Å². The molecule has 2 aliphatic rings. The average molecular weight is 279 g/mol. The first-order valence-electron chi connectivity index (χ1n) is 6.73. The summed E-state index contributed by atoms with van der Waals surface area (Å²) in [5, 5.41) is 2.37. The van der Waals surface area contributed by atoms with Crippen LogP contribution >= 0.6 is 0 Å². The van der Waals surface area contributed by atoms with Crippen LogP contribution < -0.4 is 5.32 Å². The number of rotatable bonds is 2. The van der Waals surface area contributed by atoms with Gasteiger partial charge in [-0.25, -0.2) is 0 Å². The van der Waals surface area contributed by atoms with E-state index in [-0.39, 0.29) is 31.5 Å². The zero-order valence-electron chi connectivity index (χ0n) is 11.0. The highest BCUT2D eigenvalue weighted by atomic mass is 19.4. The van der Waals surface area contributed by atoms with Gasteiger partial charge in [-0.3, -0.25) is 9.69 Å². The fourth-order valence-corrected chi connectivity index (χ4v) is 2.91. The summed E-state index contributed by atoms with van der Waals surface area (Å²) in [5.74, 6) is -0.290. The Morgan fingerprint density at radius 1 is 1.37 bits per heavy atom. The van der Waals surface area contributed by atoms with Crippen molar-refractivity contribution in [1.82, 2.24) is 15.1 Å². The Balaban J connectivity index is 2.11. The Bertz CT molecular complexity index is 335. The van der Waals surface area contributed by atoms with Crippen molar-refractivity contribution in [3.8, 4) is 0 Å². The van der Waals surface area contributed by atoms with Crippen LogP contribution in [0.25, 0.3) is 0 Å². The molecule has 0 aliphatic carbocycles. The van der Waals surface area contributed by atoms with Crippen LogP contribution in [0.1, 0.15) is 19.8 Å². The molecule has 2 atom stereocenters. The third-order valence-corrected chi connectivity index (χ3v) is 4.03. The van der Waals surface area contributed by atoms with Gasteiger partial charge in [-0.15, -0.1) is 0 Å². The number of amides is 1. The van der Waals surface area contributed by atoms with Crippen LogP contribution in [-0.2, 0) is 4.79 Å². The molecule has 110 valence electrons. The van der Waals surface area contributed by atoms with Gasteiger partial charge in [0, 0.05) is 32.1 Å². The lowest BCUT2D eigenvalue weighted by atomic mass is 10.1. The standard InChI is InChI=1S/C12H20F3N3O/c1-2-17-5-3-9(8-17)18-6-4-11(19)16-7-10(18)12(13,14)15/h9-10H,2-8H2,1H3,(H,16,19). The smallest absolute Gasteiger partial charge is 0.354 e. The number of nitrogens with one attached hydrogen (secondary N) is 1. The van der Waals surface area contributed by atoms with Crippen LogP contribution in [0, 0.1) is 0 Å². The molecule has 4 nitrogen and oxygen atoms in total. The molecule has 2 unspecified atom stereocenters. The maximum Gasteiger partial charge on any atom is 0.405 e. The van der Waals surface area contributed by atoms with E-state index in [2.05, 4.69) is 10.2 Å². The summed E-state index contributed by atoms with van der Waals surface area (Å²) in [7, 11) is 0. The Morgan fingerprint density at radius 3 is 2.68 bits per heavy atom. The molecule has 0 radical (unpaired) electrons. The molecular weight excluding hydrogens is 259 g/mol. The molecule has 2 saturated heterocycles. The predicted octanol–water partition coefficient (Wildman–Crippen LogP) is 0.833. The van der Waals surface area contributed by atoms with Crippen molar-refractivity contribution < 1.29 is 18.0 Å². The molecule has 2 fully saturated rings. The summed E-state index contributed by atoms with van der Waals surface area (Å²) in [5.41, 5.74) is 0. The first kappa shape index (κ1) is 14.6. The van der Waals surface area contributed by atoms with E-state index in [0.717, 1.165) is 19.5 Å². The summed E-state index contributed by atoms with van der Waals surface area (Å²) in [6, 6.07) is -1.65. The average Bonchev–Trinajstić information content (AvgIpc) is 2.71. The number of likely N-dealkylation sites (tertiary alicyclic amines) is 1. The number of likely N-dealkylation sites (N-methyl/N-ethyl adjacent to an activating group) is 1. The number of nitrogens with zero attached hydrogens (tertiary/aromatic N) is 2. The van der Waals surface area contributed by atoms with Crippen molar-refractivity contribution in [3.05, 3.63) is 0 Å². The fourth-order valence-electron chi connectivity index (χ4n) is 2.91. The lowest BCUT2D eigenvalue weighted by Gasteiger charge is -2.35. The fraction of sp³-hybridized carbons (Fsp3) is 0.917. The molecule has 0 saturated carbocycles. The van der Waals surface area contributed by atoms with Gasteiger partial charge >= 0.3 is 6.18 Å². The van der Waals surface area contributed by atoms with E-state index >= 15 is 0 Å². The Morgan fingerprint density at radius 2 is 2.11 bits per heavy atom. The monoisotopic (exact) mass is 279 g/mol.